The van der Waals surface area contributed by atoms with Gasteiger partial charge in [0.1, 0.15) is 5.69 Å². The number of nitrogens with zero attached hydrogens (tertiary/aromatic N) is 2. The summed E-state index contributed by atoms with van der Waals surface area (Å²) in [5.41, 5.74) is 6.09. The number of aromatic nitrogens is 2. The third kappa shape index (κ3) is 3.20. The van der Waals surface area contributed by atoms with Crippen molar-refractivity contribution in [1.82, 2.24) is 15.1 Å². The van der Waals surface area contributed by atoms with Gasteiger partial charge in [-0.1, -0.05) is 13.8 Å². The van der Waals surface area contributed by atoms with Gasteiger partial charge < -0.3 is 16.2 Å². The molecule has 6 nitrogen and oxygen atoms in total. The van der Waals surface area contributed by atoms with E-state index in [2.05, 4.69) is 10.4 Å². The van der Waals surface area contributed by atoms with Gasteiger partial charge in [0, 0.05) is 25.1 Å². The van der Waals surface area contributed by atoms with E-state index < -0.39 is 0 Å². The molecule has 4 N–H and O–H groups in total. The molecule has 0 unspecified atom stereocenters. The normalized spacial score (nSPS) is 11.5. The number of hydrogen-bond donors (Lipinski definition) is 3. The zero-order valence-corrected chi connectivity index (χ0v) is 10.5. The Morgan fingerprint density at radius 3 is 2.82 bits per heavy atom. The molecule has 1 rings (SSSR count). The third-order valence-electron chi connectivity index (χ3n) is 2.54. The van der Waals surface area contributed by atoms with Crippen molar-refractivity contribution in [3.63, 3.8) is 0 Å². The molecule has 0 aliphatic heterocycles. The van der Waals surface area contributed by atoms with Gasteiger partial charge in [0.25, 0.3) is 5.91 Å². The second-order valence-corrected chi connectivity index (χ2v) is 4.77. The summed E-state index contributed by atoms with van der Waals surface area (Å²) in [5.74, 6) is -0.261. The first-order chi connectivity index (χ1) is 7.91. The molecule has 96 valence electrons. The van der Waals surface area contributed by atoms with E-state index in [9.17, 15) is 4.79 Å². The molecule has 1 amide bonds. The van der Waals surface area contributed by atoms with E-state index in [0.29, 0.717) is 24.5 Å². The number of aryl methyl sites for hydroxylation is 1. The zero-order valence-electron chi connectivity index (χ0n) is 10.5. The summed E-state index contributed by atoms with van der Waals surface area (Å²) < 4.78 is 1.55. The molecule has 0 fully saturated rings. The van der Waals surface area contributed by atoms with Crippen LogP contribution in [0.2, 0.25) is 0 Å². The molecular weight excluding hydrogens is 220 g/mol. The summed E-state index contributed by atoms with van der Waals surface area (Å²) in [6, 6.07) is 0. The van der Waals surface area contributed by atoms with E-state index in [-0.39, 0.29) is 17.9 Å². The Hall–Kier alpha value is -1.56. The maximum absolute atomic E-state index is 11.9. The van der Waals surface area contributed by atoms with Gasteiger partial charge in [-0.2, -0.15) is 5.10 Å². The van der Waals surface area contributed by atoms with E-state index in [4.69, 9.17) is 10.8 Å². The Bertz CT molecular complexity index is 398. The van der Waals surface area contributed by atoms with Crippen LogP contribution in [0.25, 0.3) is 0 Å². The highest BCUT2D eigenvalue weighted by Crippen LogP contribution is 2.14. The van der Waals surface area contributed by atoms with Crippen molar-refractivity contribution < 1.29 is 9.90 Å². The smallest absolute Gasteiger partial charge is 0.271 e. The van der Waals surface area contributed by atoms with E-state index >= 15 is 0 Å². The van der Waals surface area contributed by atoms with Crippen LogP contribution in [0.5, 0.6) is 0 Å². The molecule has 0 aliphatic rings. The number of aliphatic hydroxyl groups is 1. The lowest BCUT2D eigenvalue weighted by atomic mass is 9.95. The number of carbonyl (C=O) groups excluding carboxylic acids is 1. The van der Waals surface area contributed by atoms with Crippen molar-refractivity contribution >= 4 is 11.6 Å². The van der Waals surface area contributed by atoms with Crippen LogP contribution < -0.4 is 11.1 Å². The summed E-state index contributed by atoms with van der Waals surface area (Å²) in [6.45, 7) is 6.61. The summed E-state index contributed by atoms with van der Waals surface area (Å²) in [5, 5.41) is 15.9. The molecule has 0 radical (unpaired) electrons. The maximum Gasteiger partial charge on any atom is 0.271 e. The maximum atomic E-state index is 11.9. The number of nitrogens with two attached hydrogens (primary N) is 1. The first kappa shape index (κ1) is 13.5. The molecule has 17 heavy (non-hydrogen) atoms. The average Bonchev–Trinajstić information content (AvgIpc) is 2.67. The molecule has 1 aromatic rings. The first-order valence-electron chi connectivity index (χ1n) is 5.61. The third-order valence-corrected chi connectivity index (χ3v) is 2.54. The van der Waals surface area contributed by atoms with Gasteiger partial charge in [0.05, 0.1) is 11.9 Å². The molecule has 1 heterocycles. The zero-order chi connectivity index (χ0) is 13.1. The lowest BCUT2D eigenvalue weighted by Gasteiger charge is -2.21. The van der Waals surface area contributed by atoms with Gasteiger partial charge in [0.2, 0.25) is 0 Å². The highest BCUT2D eigenvalue weighted by Gasteiger charge is 2.21. The van der Waals surface area contributed by atoms with Crippen molar-refractivity contribution in [2.45, 2.75) is 27.3 Å². The summed E-state index contributed by atoms with van der Waals surface area (Å²) in [6.07, 6.45) is 1.47. The van der Waals surface area contributed by atoms with Crippen molar-refractivity contribution in [2.75, 3.05) is 18.9 Å². The van der Waals surface area contributed by atoms with Crippen molar-refractivity contribution in [3.05, 3.63) is 11.9 Å². The molecule has 0 aromatic carbocycles. The van der Waals surface area contributed by atoms with Gasteiger partial charge in [0.15, 0.2) is 0 Å². The number of aliphatic hydroxyl groups excluding tert-OH is 1. The number of amides is 1. The van der Waals surface area contributed by atoms with Crippen LogP contribution in [0, 0.1) is 5.41 Å². The van der Waals surface area contributed by atoms with Gasteiger partial charge in [-0.15, -0.1) is 0 Å². The SMILES string of the molecule is CCn1ncc(N)c1C(=O)NCC(C)(C)CO. The van der Waals surface area contributed by atoms with Crippen LogP contribution in [-0.4, -0.2) is 33.9 Å². The summed E-state index contributed by atoms with van der Waals surface area (Å²) in [4.78, 5) is 11.9. The molecule has 1 aromatic heterocycles. The predicted molar refractivity (Wildman–Crippen MR) is 65.5 cm³/mol. The number of nitrogen functional groups attached to an aromatic ring is 1. The van der Waals surface area contributed by atoms with Crippen LogP contribution in [0.4, 0.5) is 5.69 Å². The van der Waals surface area contributed by atoms with Gasteiger partial charge in [-0.3, -0.25) is 9.48 Å². The lowest BCUT2D eigenvalue weighted by Crippen LogP contribution is -2.37. The minimum atomic E-state index is -0.346. The van der Waals surface area contributed by atoms with E-state index in [0.717, 1.165) is 0 Å². The molecule has 0 bridgehead atoms. The van der Waals surface area contributed by atoms with Gasteiger partial charge >= 0.3 is 0 Å². The van der Waals surface area contributed by atoms with Crippen LogP contribution in [0.1, 0.15) is 31.3 Å². The Morgan fingerprint density at radius 1 is 1.65 bits per heavy atom. The second kappa shape index (κ2) is 5.18. The van der Waals surface area contributed by atoms with Crippen LogP contribution in [0.3, 0.4) is 0 Å². The molecule has 0 saturated carbocycles. The monoisotopic (exact) mass is 240 g/mol. The van der Waals surface area contributed by atoms with E-state index in [1.807, 2.05) is 20.8 Å². The first-order valence-corrected chi connectivity index (χ1v) is 5.61. The molecule has 0 saturated heterocycles. The molecule has 0 aliphatic carbocycles. The number of rotatable bonds is 5. The van der Waals surface area contributed by atoms with Gasteiger partial charge in [-0.25, -0.2) is 0 Å². The summed E-state index contributed by atoms with van der Waals surface area (Å²) >= 11 is 0. The lowest BCUT2D eigenvalue weighted by molar-refractivity contribution is 0.0901. The standard InChI is InChI=1S/C11H20N4O2/c1-4-15-9(8(12)5-14-15)10(17)13-6-11(2,3)7-16/h5,16H,4,6-7,12H2,1-3H3,(H,13,17). The second-order valence-electron chi connectivity index (χ2n) is 4.77. The Labute approximate surface area is 101 Å². The van der Waals surface area contributed by atoms with Crippen molar-refractivity contribution in [3.8, 4) is 0 Å². The van der Waals surface area contributed by atoms with Crippen LogP contribution in [-0.2, 0) is 6.54 Å². The number of carbonyl (C=O) groups is 1. The van der Waals surface area contributed by atoms with Crippen molar-refractivity contribution in [2.24, 2.45) is 5.41 Å². The van der Waals surface area contributed by atoms with Crippen molar-refractivity contribution in [1.29, 1.82) is 0 Å². The molecular formula is C11H20N4O2. The minimum Gasteiger partial charge on any atom is -0.396 e. The molecule has 0 spiro atoms. The highest BCUT2D eigenvalue weighted by atomic mass is 16.3. The Morgan fingerprint density at radius 2 is 2.29 bits per heavy atom. The number of anilines is 1. The fraction of sp³-hybridized carbons (Fsp3) is 0.636. The molecule has 0 atom stereocenters. The molecule has 6 heteroatoms. The van der Waals surface area contributed by atoms with E-state index in [1.54, 1.807) is 4.68 Å². The topological polar surface area (TPSA) is 93.2 Å². The number of hydrogen-bond acceptors (Lipinski definition) is 4. The highest BCUT2D eigenvalue weighted by molar-refractivity contribution is 5.97. The fourth-order valence-electron chi connectivity index (χ4n) is 1.35. The summed E-state index contributed by atoms with van der Waals surface area (Å²) in [7, 11) is 0. The average molecular weight is 240 g/mol. The van der Waals surface area contributed by atoms with Gasteiger partial charge in [-0.05, 0) is 6.92 Å². The number of nitrogens with one attached hydrogen (secondary N) is 1. The Kier molecular flexibility index (Phi) is 4.11. The fourth-order valence-corrected chi connectivity index (χ4v) is 1.35. The predicted octanol–water partition coefficient (Wildman–Crippen LogP) is 0.233. The van der Waals surface area contributed by atoms with Crippen LogP contribution >= 0.6 is 0 Å². The Balaban J connectivity index is 2.73. The minimum absolute atomic E-state index is 0.00972. The quantitative estimate of drug-likeness (QED) is 0.687. The van der Waals surface area contributed by atoms with Crippen LogP contribution in [0.15, 0.2) is 6.20 Å². The largest absolute Gasteiger partial charge is 0.396 e. The van der Waals surface area contributed by atoms with E-state index in [1.165, 1.54) is 6.20 Å².